The first-order valence-electron chi connectivity index (χ1n) is 8.25. The number of carboxylic acids is 1. The summed E-state index contributed by atoms with van der Waals surface area (Å²) in [6.07, 6.45) is 0. The molecule has 0 spiro atoms. The second kappa shape index (κ2) is 10.6. The van der Waals surface area contributed by atoms with Crippen molar-refractivity contribution < 1.29 is 18.8 Å². The van der Waals surface area contributed by atoms with Crippen LogP contribution in [0.25, 0.3) is 0 Å². The second-order valence-corrected chi connectivity index (χ2v) is 8.27. The lowest BCUT2D eigenvalue weighted by atomic mass is 10.4. The van der Waals surface area contributed by atoms with Crippen LogP contribution in [-0.4, -0.2) is 32.9 Å². The lowest BCUT2D eigenvalue weighted by Gasteiger charge is -2.30. The Morgan fingerprint density at radius 3 is 1.48 bits per heavy atom. The molecule has 0 bridgehead atoms. The Bertz CT molecular complexity index is 596. The first kappa shape index (κ1) is 20.8. The topological polar surface area (TPSA) is 55.8 Å². The number of carboxylic acid groups (broad SMARTS) is 1. The SMILES string of the molecule is C=C(C)C(=O)O.CCO[Si](OCC)(c1ccccc1)c1ccccc1. The van der Waals surface area contributed by atoms with Crippen molar-refractivity contribution in [1.82, 2.24) is 0 Å². The van der Waals surface area contributed by atoms with Crippen molar-refractivity contribution in [1.29, 1.82) is 0 Å². The van der Waals surface area contributed by atoms with Crippen LogP contribution in [0.4, 0.5) is 0 Å². The van der Waals surface area contributed by atoms with E-state index in [1.165, 1.54) is 6.92 Å². The molecule has 0 amide bonds. The summed E-state index contributed by atoms with van der Waals surface area (Å²) in [5.74, 6) is -0.935. The fourth-order valence-electron chi connectivity index (χ4n) is 2.26. The third-order valence-corrected chi connectivity index (χ3v) is 6.95. The quantitative estimate of drug-likeness (QED) is 0.611. The molecule has 0 aliphatic rings. The van der Waals surface area contributed by atoms with Crippen LogP contribution in [0.15, 0.2) is 72.8 Å². The molecule has 0 heterocycles. The molecule has 0 radical (unpaired) electrons. The summed E-state index contributed by atoms with van der Waals surface area (Å²) in [4.78, 5) is 9.60. The van der Waals surface area contributed by atoms with Gasteiger partial charge in [-0.2, -0.15) is 0 Å². The molecule has 0 unspecified atom stereocenters. The van der Waals surface area contributed by atoms with Crippen molar-refractivity contribution in [3.8, 4) is 0 Å². The second-order valence-electron chi connectivity index (χ2n) is 5.30. The van der Waals surface area contributed by atoms with Gasteiger partial charge < -0.3 is 14.0 Å². The van der Waals surface area contributed by atoms with Gasteiger partial charge in [0.25, 0.3) is 0 Å². The highest BCUT2D eigenvalue weighted by Gasteiger charge is 2.41. The molecule has 0 aliphatic carbocycles. The average molecular weight is 359 g/mol. The molecule has 1 N–H and O–H groups in total. The molecule has 0 saturated carbocycles. The van der Waals surface area contributed by atoms with Gasteiger partial charge in [-0.15, -0.1) is 0 Å². The summed E-state index contributed by atoms with van der Waals surface area (Å²) < 4.78 is 12.3. The predicted molar refractivity (Wildman–Crippen MR) is 104 cm³/mol. The van der Waals surface area contributed by atoms with Gasteiger partial charge in [0.15, 0.2) is 0 Å². The minimum atomic E-state index is -2.55. The number of hydrogen-bond donors (Lipinski definition) is 1. The normalized spacial score (nSPS) is 10.5. The largest absolute Gasteiger partial charge is 0.478 e. The molecule has 2 aromatic rings. The first-order valence-corrected chi connectivity index (χ1v) is 10.1. The Balaban J connectivity index is 0.000000450. The standard InChI is InChI=1S/C16H20O2Si.C4H6O2/c1-3-17-19(18-4-2,15-11-7-5-8-12-15)16-13-9-6-10-14-16;1-3(2)4(5)6/h5-14H,3-4H2,1-2H3;1H2,2H3,(H,5,6). The van der Waals surface area contributed by atoms with Crippen LogP contribution in [0.1, 0.15) is 20.8 Å². The molecule has 2 rings (SSSR count). The van der Waals surface area contributed by atoms with E-state index < -0.39 is 14.5 Å². The molecule has 4 nitrogen and oxygen atoms in total. The van der Waals surface area contributed by atoms with Gasteiger partial charge in [-0.25, -0.2) is 4.79 Å². The van der Waals surface area contributed by atoms with Gasteiger partial charge >= 0.3 is 14.5 Å². The lowest BCUT2D eigenvalue weighted by molar-refractivity contribution is -0.132. The van der Waals surface area contributed by atoms with Crippen LogP contribution in [0.3, 0.4) is 0 Å². The summed E-state index contributed by atoms with van der Waals surface area (Å²) in [6, 6.07) is 20.6. The zero-order chi connectivity index (χ0) is 18.7. The molecule has 0 aliphatic heterocycles. The summed E-state index contributed by atoms with van der Waals surface area (Å²) in [7, 11) is -2.55. The van der Waals surface area contributed by atoms with Crippen molar-refractivity contribution in [3.63, 3.8) is 0 Å². The highest BCUT2D eigenvalue weighted by atomic mass is 28.4. The Kier molecular flexibility index (Phi) is 8.84. The molecular weight excluding hydrogens is 332 g/mol. The number of hydrogen-bond acceptors (Lipinski definition) is 3. The van der Waals surface area contributed by atoms with Crippen LogP contribution < -0.4 is 10.4 Å². The van der Waals surface area contributed by atoms with E-state index in [1.807, 2.05) is 50.2 Å². The maximum atomic E-state index is 9.60. The molecule has 5 heteroatoms. The number of rotatable bonds is 7. The molecule has 0 fully saturated rings. The Morgan fingerprint density at radius 1 is 0.920 bits per heavy atom. The smallest absolute Gasteiger partial charge is 0.407 e. The summed E-state index contributed by atoms with van der Waals surface area (Å²) in [5, 5.41) is 10.2. The molecule has 25 heavy (non-hydrogen) atoms. The van der Waals surface area contributed by atoms with E-state index in [0.717, 1.165) is 10.4 Å². The van der Waals surface area contributed by atoms with E-state index in [4.69, 9.17) is 14.0 Å². The van der Waals surface area contributed by atoms with Crippen LogP contribution in [0.5, 0.6) is 0 Å². The van der Waals surface area contributed by atoms with E-state index in [-0.39, 0.29) is 5.57 Å². The predicted octanol–water partition coefficient (Wildman–Crippen LogP) is 2.96. The van der Waals surface area contributed by atoms with Gasteiger partial charge in [0.1, 0.15) is 0 Å². The highest BCUT2D eigenvalue weighted by molar-refractivity contribution is 6.92. The van der Waals surface area contributed by atoms with Crippen LogP contribution in [0.2, 0.25) is 0 Å². The minimum Gasteiger partial charge on any atom is -0.478 e. The third-order valence-electron chi connectivity index (χ3n) is 3.37. The fourth-order valence-corrected chi connectivity index (χ4v) is 5.42. The van der Waals surface area contributed by atoms with Gasteiger partial charge in [0.05, 0.1) is 0 Å². The third kappa shape index (κ3) is 5.97. The van der Waals surface area contributed by atoms with Gasteiger partial charge in [0.2, 0.25) is 0 Å². The average Bonchev–Trinajstić information content (AvgIpc) is 2.63. The van der Waals surface area contributed by atoms with Crippen molar-refractivity contribution >= 4 is 24.9 Å². The summed E-state index contributed by atoms with van der Waals surface area (Å²) in [5.41, 5.74) is 0.176. The van der Waals surface area contributed by atoms with E-state index >= 15 is 0 Å². The minimum absolute atomic E-state index is 0.176. The zero-order valence-corrected chi connectivity index (χ0v) is 16.1. The highest BCUT2D eigenvalue weighted by Crippen LogP contribution is 2.09. The molecule has 0 atom stereocenters. The van der Waals surface area contributed by atoms with Crippen LogP contribution >= 0.6 is 0 Å². The summed E-state index contributed by atoms with van der Waals surface area (Å²) >= 11 is 0. The van der Waals surface area contributed by atoms with Crippen molar-refractivity contribution in [3.05, 3.63) is 72.8 Å². The Hall–Kier alpha value is -2.21. The number of carbonyl (C=O) groups is 1. The Labute approximate surface area is 151 Å². The molecule has 134 valence electrons. The van der Waals surface area contributed by atoms with Crippen LogP contribution in [-0.2, 0) is 13.6 Å². The molecule has 0 aromatic heterocycles. The lowest BCUT2D eigenvalue weighted by Crippen LogP contribution is -2.63. The molecule has 2 aromatic carbocycles. The van der Waals surface area contributed by atoms with Crippen LogP contribution in [0, 0.1) is 0 Å². The summed E-state index contributed by atoms with van der Waals surface area (Å²) in [6.45, 7) is 9.94. The fraction of sp³-hybridized carbons (Fsp3) is 0.250. The molecular formula is C20H26O4Si. The maximum Gasteiger partial charge on any atom is 0.407 e. The van der Waals surface area contributed by atoms with Gasteiger partial charge in [-0.05, 0) is 31.1 Å². The van der Waals surface area contributed by atoms with Crippen molar-refractivity contribution in [2.24, 2.45) is 0 Å². The number of aliphatic carboxylic acids is 1. The number of benzene rings is 2. The van der Waals surface area contributed by atoms with Crippen molar-refractivity contribution in [2.75, 3.05) is 13.2 Å². The van der Waals surface area contributed by atoms with E-state index in [2.05, 4.69) is 30.8 Å². The monoisotopic (exact) mass is 358 g/mol. The van der Waals surface area contributed by atoms with Gasteiger partial charge in [0, 0.05) is 18.8 Å². The maximum absolute atomic E-state index is 9.60. The Morgan fingerprint density at radius 2 is 1.24 bits per heavy atom. The van der Waals surface area contributed by atoms with Gasteiger partial charge in [-0.3, -0.25) is 0 Å². The van der Waals surface area contributed by atoms with E-state index in [1.54, 1.807) is 0 Å². The van der Waals surface area contributed by atoms with E-state index in [9.17, 15) is 4.79 Å². The van der Waals surface area contributed by atoms with Gasteiger partial charge in [-0.1, -0.05) is 67.2 Å². The zero-order valence-electron chi connectivity index (χ0n) is 15.1. The van der Waals surface area contributed by atoms with Crippen molar-refractivity contribution in [2.45, 2.75) is 20.8 Å². The molecule has 0 saturated heterocycles. The van der Waals surface area contributed by atoms with E-state index in [0.29, 0.717) is 13.2 Å². The first-order chi connectivity index (χ1) is 12.0.